The number of hydrogen-bond acceptors (Lipinski definition) is 6. The van der Waals surface area contributed by atoms with Gasteiger partial charge in [0.15, 0.2) is 0 Å². The lowest BCUT2D eigenvalue weighted by Crippen LogP contribution is -2.43. The molecule has 2 heterocycles. The number of benzene rings is 2. The largest absolute Gasteiger partial charge is 0.403 e. The van der Waals surface area contributed by atoms with E-state index < -0.39 is 22.0 Å². The fourth-order valence-corrected chi connectivity index (χ4v) is 6.26. The zero-order valence-electron chi connectivity index (χ0n) is 17.8. The van der Waals surface area contributed by atoms with Crippen LogP contribution in [0.4, 0.5) is 6.01 Å². The molecule has 10 heteroatoms. The second-order valence-corrected chi connectivity index (χ2v) is 10.6. The molecule has 33 heavy (non-hydrogen) atoms. The minimum absolute atomic E-state index is 0.0524. The van der Waals surface area contributed by atoms with Crippen LogP contribution in [-0.2, 0) is 27.7 Å². The first kappa shape index (κ1) is 22.1. The van der Waals surface area contributed by atoms with Crippen molar-refractivity contribution in [1.29, 1.82) is 0 Å². The van der Waals surface area contributed by atoms with Crippen molar-refractivity contribution < 1.29 is 17.6 Å². The lowest BCUT2D eigenvalue weighted by molar-refractivity contribution is -0.119. The van der Waals surface area contributed by atoms with Gasteiger partial charge in [0.1, 0.15) is 6.04 Å². The molecule has 0 saturated carbocycles. The average Bonchev–Trinajstić information content (AvgIpc) is 3.49. The summed E-state index contributed by atoms with van der Waals surface area (Å²) in [6, 6.07) is 11.1. The van der Waals surface area contributed by atoms with E-state index in [1.807, 2.05) is 6.07 Å². The van der Waals surface area contributed by atoms with Crippen LogP contribution < -0.4 is 5.32 Å². The molecule has 0 bridgehead atoms. The van der Waals surface area contributed by atoms with Crippen molar-refractivity contribution in [1.82, 2.24) is 14.5 Å². The second-order valence-electron chi connectivity index (χ2n) is 8.32. The monoisotopic (exact) mass is 486 g/mol. The standard InChI is InChI=1S/C23H23ClN4O4S/c24-18-9-11-19(12-10-18)33(30,31)28-13-3-6-20(28)21(29)25-23-27-26-22(32-23)17-8-7-15-4-1-2-5-16(15)14-17/h7-12,14,20H,1-6,13H2,(H,25,27,29). The maximum Gasteiger partial charge on any atom is 0.322 e. The SMILES string of the molecule is O=C(Nc1nnc(-c2ccc3c(c2)CCCC3)o1)C1CCCN1S(=O)(=O)c1ccc(Cl)cc1. The van der Waals surface area contributed by atoms with Crippen molar-refractivity contribution in [3.05, 3.63) is 58.6 Å². The number of aryl methyl sites for hydroxylation is 2. The van der Waals surface area contributed by atoms with Crippen LogP contribution in [0.1, 0.15) is 36.8 Å². The number of sulfonamides is 1. The number of carbonyl (C=O) groups is 1. The number of fused-ring (bicyclic) bond motifs is 1. The molecule has 2 aliphatic rings. The predicted molar refractivity (Wildman–Crippen MR) is 123 cm³/mol. The third kappa shape index (κ3) is 4.40. The fourth-order valence-electron chi connectivity index (χ4n) is 4.48. The van der Waals surface area contributed by atoms with Gasteiger partial charge in [-0.05, 0) is 86.1 Å². The molecule has 172 valence electrons. The molecular formula is C23H23ClN4O4S. The number of anilines is 1. The van der Waals surface area contributed by atoms with E-state index in [1.165, 1.54) is 52.5 Å². The van der Waals surface area contributed by atoms with Gasteiger partial charge < -0.3 is 4.42 Å². The summed E-state index contributed by atoms with van der Waals surface area (Å²) in [7, 11) is -3.84. The highest BCUT2D eigenvalue weighted by Crippen LogP contribution is 2.29. The van der Waals surface area contributed by atoms with E-state index in [2.05, 4.69) is 27.6 Å². The Hall–Kier alpha value is -2.75. The molecule has 1 N–H and O–H groups in total. The van der Waals surface area contributed by atoms with E-state index in [0.717, 1.165) is 18.4 Å². The number of aromatic nitrogens is 2. The molecule has 0 radical (unpaired) electrons. The highest BCUT2D eigenvalue weighted by atomic mass is 35.5. The van der Waals surface area contributed by atoms with E-state index in [4.69, 9.17) is 16.0 Å². The van der Waals surface area contributed by atoms with E-state index in [0.29, 0.717) is 23.8 Å². The van der Waals surface area contributed by atoms with Gasteiger partial charge in [-0.25, -0.2) is 8.42 Å². The molecule has 1 aliphatic carbocycles. The van der Waals surface area contributed by atoms with Crippen LogP contribution in [0.15, 0.2) is 51.8 Å². The van der Waals surface area contributed by atoms with E-state index in [1.54, 1.807) is 0 Å². The molecule has 0 spiro atoms. The molecule has 1 saturated heterocycles. The van der Waals surface area contributed by atoms with Gasteiger partial charge in [0.2, 0.25) is 21.8 Å². The highest BCUT2D eigenvalue weighted by molar-refractivity contribution is 7.89. The number of halogens is 1. The topological polar surface area (TPSA) is 105 Å². The van der Waals surface area contributed by atoms with Crippen molar-refractivity contribution in [3.63, 3.8) is 0 Å². The van der Waals surface area contributed by atoms with E-state index in [-0.39, 0.29) is 17.5 Å². The van der Waals surface area contributed by atoms with Crippen LogP contribution >= 0.6 is 11.6 Å². The molecule has 1 fully saturated rings. The molecule has 3 aromatic rings. The Kier molecular flexibility index (Phi) is 5.94. The third-order valence-electron chi connectivity index (χ3n) is 6.18. The number of nitrogens with zero attached hydrogens (tertiary/aromatic N) is 3. The predicted octanol–water partition coefficient (Wildman–Crippen LogP) is 4.06. The number of amides is 1. The Bertz CT molecular complexity index is 1290. The lowest BCUT2D eigenvalue weighted by atomic mass is 9.90. The maximum absolute atomic E-state index is 13.1. The van der Waals surface area contributed by atoms with Crippen LogP contribution in [0.25, 0.3) is 11.5 Å². The average molecular weight is 487 g/mol. The fraction of sp³-hybridized carbons (Fsp3) is 0.348. The van der Waals surface area contributed by atoms with Gasteiger partial charge in [-0.2, -0.15) is 4.31 Å². The Labute approximate surface area is 197 Å². The van der Waals surface area contributed by atoms with Crippen LogP contribution in [0.2, 0.25) is 5.02 Å². The molecule has 2 aromatic carbocycles. The minimum Gasteiger partial charge on any atom is -0.403 e. The maximum atomic E-state index is 13.1. The van der Waals surface area contributed by atoms with Crippen LogP contribution in [0.5, 0.6) is 0 Å². The number of rotatable bonds is 5. The lowest BCUT2D eigenvalue weighted by Gasteiger charge is -2.22. The Morgan fingerprint density at radius 3 is 2.58 bits per heavy atom. The normalized spacial score (nSPS) is 18.8. The van der Waals surface area contributed by atoms with Gasteiger partial charge in [-0.1, -0.05) is 22.8 Å². The van der Waals surface area contributed by atoms with E-state index >= 15 is 0 Å². The molecule has 1 aromatic heterocycles. The zero-order chi connectivity index (χ0) is 23.0. The second kappa shape index (κ2) is 8.89. The summed E-state index contributed by atoms with van der Waals surface area (Å²) in [4.78, 5) is 13.0. The summed E-state index contributed by atoms with van der Waals surface area (Å²) in [5.74, 6) is -0.179. The van der Waals surface area contributed by atoms with E-state index in [9.17, 15) is 13.2 Å². The molecule has 5 rings (SSSR count). The van der Waals surface area contributed by atoms with Crippen molar-refractivity contribution in [2.75, 3.05) is 11.9 Å². The summed E-state index contributed by atoms with van der Waals surface area (Å²) in [6.45, 7) is 0.257. The minimum atomic E-state index is -3.84. The van der Waals surface area contributed by atoms with Gasteiger partial charge >= 0.3 is 6.01 Å². The zero-order valence-corrected chi connectivity index (χ0v) is 19.4. The van der Waals surface area contributed by atoms with Gasteiger partial charge in [-0.15, -0.1) is 5.10 Å². The first-order chi connectivity index (χ1) is 15.9. The molecule has 8 nitrogen and oxygen atoms in total. The summed E-state index contributed by atoms with van der Waals surface area (Å²) < 4.78 is 33.0. The third-order valence-corrected chi connectivity index (χ3v) is 8.35. The number of hydrogen-bond donors (Lipinski definition) is 1. The molecular weight excluding hydrogens is 464 g/mol. The number of nitrogens with one attached hydrogen (secondary N) is 1. The molecule has 1 amide bonds. The summed E-state index contributed by atoms with van der Waals surface area (Å²) in [6.07, 6.45) is 5.46. The summed E-state index contributed by atoms with van der Waals surface area (Å²) >= 11 is 5.88. The van der Waals surface area contributed by atoms with Crippen molar-refractivity contribution in [2.24, 2.45) is 0 Å². The molecule has 1 unspecified atom stereocenters. The van der Waals surface area contributed by atoms with Crippen LogP contribution in [0, 0.1) is 0 Å². The smallest absolute Gasteiger partial charge is 0.322 e. The Morgan fingerprint density at radius 1 is 1.03 bits per heavy atom. The molecule has 1 atom stereocenters. The van der Waals surface area contributed by atoms with Crippen LogP contribution in [0.3, 0.4) is 0 Å². The first-order valence-corrected chi connectivity index (χ1v) is 12.8. The summed E-state index contributed by atoms with van der Waals surface area (Å²) in [5.41, 5.74) is 3.44. The van der Waals surface area contributed by atoms with Gasteiger partial charge in [0.25, 0.3) is 0 Å². The Balaban J connectivity index is 1.31. The first-order valence-electron chi connectivity index (χ1n) is 11.0. The highest BCUT2D eigenvalue weighted by Gasteiger charge is 2.40. The van der Waals surface area contributed by atoms with Crippen molar-refractivity contribution in [3.8, 4) is 11.5 Å². The molecule has 1 aliphatic heterocycles. The van der Waals surface area contributed by atoms with Crippen LogP contribution in [-0.4, -0.2) is 41.4 Å². The van der Waals surface area contributed by atoms with Gasteiger partial charge in [0.05, 0.1) is 4.90 Å². The van der Waals surface area contributed by atoms with Crippen molar-refractivity contribution in [2.45, 2.75) is 49.5 Å². The Morgan fingerprint density at radius 2 is 1.79 bits per heavy atom. The van der Waals surface area contributed by atoms with Crippen molar-refractivity contribution >= 4 is 33.5 Å². The summed E-state index contributed by atoms with van der Waals surface area (Å²) in [5, 5.41) is 11.0. The van der Waals surface area contributed by atoms with Gasteiger partial charge in [-0.3, -0.25) is 10.1 Å². The number of carbonyl (C=O) groups excluding carboxylic acids is 1. The quantitative estimate of drug-likeness (QED) is 0.583. The van der Waals surface area contributed by atoms with Gasteiger partial charge in [0, 0.05) is 17.1 Å².